The molecule has 0 aliphatic rings. The first-order chi connectivity index (χ1) is 7.20. The molecule has 5 heteroatoms. The summed E-state index contributed by atoms with van der Waals surface area (Å²) in [6, 6.07) is 4.98. The standard InChI is InChI=1S/C10H10N2O2S/c1-2-11-10-12-7-5-6(9(13)14)3-4-8(7)15-10/h3-5H,2H2,1H3,(H,11,12)(H,13,14). The monoisotopic (exact) mass is 222 g/mol. The number of hydrogen-bond acceptors (Lipinski definition) is 4. The van der Waals surface area contributed by atoms with Crippen LogP contribution in [0.2, 0.25) is 0 Å². The maximum absolute atomic E-state index is 10.7. The summed E-state index contributed by atoms with van der Waals surface area (Å²) in [4.78, 5) is 15.0. The average Bonchev–Trinajstić information content (AvgIpc) is 2.59. The highest BCUT2D eigenvalue weighted by Gasteiger charge is 2.07. The second-order valence-corrected chi connectivity index (χ2v) is 4.07. The van der Waals surface area contributed by atoms with Crippen LogP contribution >= 0.6 is 11.3 Å². The molecular weight excluding hydrogens is 212 g/mol. The lowest BCUT2D eigenvalue weighted by atomic mass is 10.2. The summed E-state index contributed by atoms with van der Waals surface area (Å²) in [5, 5.41) is 12.7. The van der Waals surface area contributed by atoms with E-state index >= 15 is 0 Å². The number of carboxylic acids is 1. The fourth-order valence-electron chi connectivity index (χ4n) is 1.29. The van der Waals surface area contributed by atoms with Gasteiger partial charge in [0.1, 0.15) is 0 Å². The van der Waals surface area contributed by atoms with E-state index in [1.54, 1.807) is 18.2 Å². The zero-order chi connectivity index (χ0) is 10.8. The number of benzene rings is 1. The molecule has 2 aromatic rings. The van der Waals surface area contributed by atoms with Gasteiger partial charge in [0, 0.05) is 6.54 Å². The van der Waals surface area contributed by atoms with Crippen molar-refractivity contribution in [1.29, 1.82) is 0 Å². The molecule has 0 saturated carbocycles. The lowest BCUT2D eigenvalue weighted by Gasteiger charge is -1.92. The largest absolute Gasteiger partial charge is 0.478 e. The zero-order valence-electron chi connectivity index (χ0n) is 8.15. The summed E-state index contributed by atoms with van der Waals surface area (Å²) >= 11 is 1.53. The number of fused-ring (bicyclic) bond motifs is 1. The van der Waals surface area contributed by atoms with Crippen molar-refractivity contribution in [3.8, 4) is 0 Å². The molecule has 1 aromatic heterocycles. The molecule has 0 unspecified atom stereocenters. The first-order valence-corrected chi connectivity index (χ1v) is 5.40. The summed E-state index contributed by atoms with van der Waals surface area (Å²) < 4.78 is 0.996. The van der Waals surface area contributed by atoms with E-state index in [1.807, 2.05) is 6.92 Å². The molecule has 1 heterocycles. The van der Waals surface area contributed by atoms with Gasteiger partial charge < -0.3 is 10.4 Å². The van der Waals surface area contributed by atoms with Crippen LogP contribution in [0.5, 0.6) is 0 Å². The van der Waals surface area contributed by atoms with Crippen molar-refractivity contribution < 1.29 is 9.90 Å². The summed E-state index contributed by atoms with van der Waals surface area (Å²) in [6.45, 7) is 2.81. The number of nitrogens with one attached hydrogen (secondary N) is 1. The Morgan fingerprint density at radius 3 is 3.07 bits per heavy atom. The third kappa shape index (κ3) is 1.92. The normalized spacial score (nSPS) is 10.5. The SMILES string of the molecule is CCNc1nc2cc(C(=O)O)ccc2s1. The Morgan fingerprint density at radius 2 is 2.40 bits per heavy atom. The van der Waals surface area contributed by atoms with Crippen LogP contribution in [0.4, 0.5) is 5.13 Å². The number of carboxylic acid groups (broad SMARTS) is 1. The van der Waals surface area contributed by atoms with Crippen LogP contribution < -0.4 is 5.32 Å². The molecule has 0 fully saturated rings. The molecule has 0 amide bonds. The van der Waals surface area contributed by atoms with Crippen molar-refractivity contribution in [1.82, 2.24) is 4.98 Å². The molecule has 0 bridgehead atoms. The van der Waals surface area contributed by atoms with Gasteiger partial charge >= 0.3 is 5.97 Å². The minimum atomic E-state index is -0.921. The topological polar surface area (TPSA) is 62.2 Å². The van der Waals surface area contributed by atoms with Crippen molar-refractivity contribution >= 4 is 32.7 Å². The quantitative estimate of drug-likeness (QED) is 0.837. The van der Waals surface area contributed by atoms with Gasteiger partial charge in [-0.1, -0.05) is 11.3 Å². The van der Waals surface area contributed by atoms with Crippen molar-refractivity contribution in [2.45, 2.75) is 6.92 Å². The number of nitrogens with zero attached hydrogens (tertiary/aromatic N) is 1. The Bertz CT molecular complexity index is 507. The molecule has 78 valence electrons. The number of anilines is 1. The van der Waals surface area contributed by atoms with E-state index in [2.05, 4.69) is 10.3 Å². The van der Waals surface area contributed by atoms with E-state index in [0.717, 1.165) is 21.9 Å². The lowest BCUT2D eigenvalue weighted by molar-refractivity contribution is 0.0697. The van der Waals surface area contributed by atoms with Gasteiger partial charge in [0.05, 0.1) is 15.8 Å². The molecule has 4 nitrogen and oxygen atoms in total. The van der Waals surface area contributed by atoms with Crippen LogP contribution in [0, 0.1) is 0 Å². The number of aromatic carboxylic acids is 1. The first-order valence-electron chi connectivity index (χ1n) is 4.58. The predicted molar refractivity (Wildman–Crippen MR) is 60.7 cm³/mol. The van der Waals surface area contributed by atoms with Crippen molar-refractivity contribution in [3.63, 3.8) is 0 Å². The smallest absolute Gasteiger partial charge is 0.335 e. The number of thiazole rings is 1. The zero-order valence-corrected chi connectivity index (χ0v) is 8.97. The predicted octanol–water partition coefficient (Wildman–Crippen LogP) is 2.43. The molecule has 0 spiro atoms. The van der Waals surface area contributed by atoms with Crippen molar-refractivity contribution in [2.24, 2.45) is 0 Å². The number of rotatable bonds is 3. The van der Waals surface area contributed by atoms with E-state index in [0.29, 0.717) is 0 Å². The van der Waals surface area contributed by atoms with Gasteiger partial charge in [0.25, 0.3) is 0 Å². The summed E-state index contributed by atoms with van der Waals surface area (Å²) in [6.07, 6.45) is 0. The second kappa shape index (κ2) is 3.86. The van der Waals surface area contributed by atoms with Crippen LogP contribution in [0.3, 0.4) is 0 Å². The van der Waals surface area contributed by atoms with Crippen LogP contribution in [-0.2, 0) is 0 Å². The van der Waals surface area contributed by atoms with Crippen LogP contribution in [-0.4, -0.2) is 22.6 Å². The Kier molecular flexibility index (Phi) is 2.55. The highest BCUT2D eigenvalue weighted by molar-refractivity contribution is 7.22. The molecule has 1 aromatic carbocycles. The Labute approximate surface area is 90.6 Å². The molecule has 15 heavy (non-hydrogen) atoms. The number of hydrogen-bond donors (Lipinski definition) is 2. The Balaban J connectivity index is 2.47. The summed E-state index contributed by atoms with van der Waals surface area (Å²) in [7, 11) is 0. The van der Waals surface area contributed by atoms with Gasteiger partial charge in [-0.2, -0.15) is 0 Å². The van der Waals surface area contributed by atoms with E-state index in [1.165, 1.54) is 11.3 Å². The Morgan fingerprint density at radius 1 is 1.60 bits per heavy atom. The summed E-state index contributed by atoms with van der Waals surface area (Å²) in [5.74, 6) is -0.921. The lowest BCUT2D eigenvalue weighted by Crippen LogP contribution is -1.95. The molecular formula is C10H10N2O2S. The maximum atomic E-state index is 10.7. The van der Waals surface area contributed by atoms with Crippen molar-refractivity contribution in [3.05, 3.63) is 23.8 Å². The highest BCUT2D eigenvalue weighted by Crippen LogP contribution is 2.26. The van der Waals surface area contributed by atoms with Crippen molar-refractivity contribution in [2.75, 3.05) is 11.9 Å². The van der Waals surface area contributed by atoms with Gasteiger partial charge in [-0.25, -0.2) is 9.78 Å². The van der Waals surface area contributed by atoms with Crippen LogP contribution in [0.1, 0.15) is 17.3 Å². The second-order valence-electron chi connectivity index (χ2n) is 3.04. The molecule has 0 aliphatic carbocycles. The minimum Gasteiger partial charge on any atom is -0.478 e. The van der Waals surface area contributed by atoms with Crippen LogP contribution in [0.15, 0.2) is 18.2 Å². The third-order valence-electron chi connectivity index (χ3n) is 1.96. The van der Waals surface area contributed by atoms with Gasteiger partial charge in [0.2, 0.25) is 0 Å². The minimum absolute atomic E-state index is 0.274. The van der Waals surface area contributed by atoms with E-state index in [9.17, 15) is 4.79 Å². The summed E-state index contributed by atoms with van der Waals surface area (Å²) in [5.41, 5.74) is 1.01. The van der Waals surface area contributed by atoms with Gasteiger partial charge in [-0.15, -0.1) is 0 Å². The van der Waals surface area contributed by atoms with Crippen LogP contribution in [0.25, 0.3) is 10.2 Å². The highest BCUT2D eigenvalue weighted by atomic mass is 32.1. The van der Waals surface area contributed by atoms with Gasteiger partial charge in [-0.3, -0.25) is 0 Å². The molecule has 0 aliphatic heterocycles. The van der Waals surface area contributed by atoms with E-state index < -0.39 is 5.97 Å². The maximum Gasteiger partial charge on any atom is 0.335 e. The van der Waals surface area contributed by atoms with Gasteiger partial charge in [0.15, 0.2) is 5.13 Å². The fraction of sp³-hybridized carbons (Fsp3) is 0.200. The molecule has 0 atom stereocenters. The number of carbonyl (C=O) groups is 1. The van der Waals surface area contributed by atoms with E-state index in [4.69, 9.17) is 5.11 Å². The average molecular weight is 222 g/mol. The molecule has 0 radical (unpaired) electrons. The molecule has 0 saturated heterocycles. The van der Waals surface area contributed by atoms with E-state index in [-0.39, 0.29) is 5.56 Å². The molecule has 2 rings (SSSR count). The van der Waals surface area contributed by atoms with Gasteiger partial charge in [-0.05, 0) is 25.1 Å². The fourth-order valence-corrected chi connectivity index (χ4v) is 2.20. The molecule has 2 N–H and O–H groups in total. The first kappa shape index (κ1) is 9.92. The Hall–Kier alpha value is -1.62. The third-order valence-corrected chi connectivity index (χ3v) is 2.96. The number of aromatic nitrogens is 1.